The zero-order valence-corrected chi connectivity index (χ0v) is 7.79. The van der Waals surface area contributed by atoms with Crippen LogP contribution in [-0.2, 0) is 8.62 Å². The smallest absolute Gasteiger partial charge is 0.342 e. The van der Waals surface area contributed by atoms with Crippen LogP contribution in [0.3, 0.4) is 0 Å². The molecule has 42 valence electrons. The topological polar surface area (TPSA) is 26.3 Å². The van der Waals surface area contributed by atoms with Crippen molar-refractivity contribution in [1.82, 2.24) is 0 Å². The molecule has 0 rings (SSSR count). The van der Waals surface area contributed by atoms with Crippen LogP contribution in [0.15, 0.2) is 0 Å². The Balaban J connectivity index is 3.35. The van der Waals surface area contributed by atoms with Gasteiger partial charge < -0.3 is 3.83 Å². The Morgan fingerprint density at radius 1 is 1.57 bits per heavy atom. The summed E-state index contributed by atoms with van der Waals surface area (Å²) in [6, 6.07) is 0. The molecule has 0 atom stereocenters. The molecule has 0 aliphatic rings. The fourth-order valence-electron chi connectivity index (χ4n) is 0.0337. The lowest BCUT2D eigenvalue weighted by Gasteiger charge is -1.91. The van der Waals surface area contributed by atoms with Gasteiger partial charge in [0, 0.05) is 0 Å². The zero-order valence-electron chi connectivity index (χ0n) is 3.03. The first kappa shape index (κ1) is 7.91. The van der Waals surface area contributed by atoms with E-state index >= 15 is 0 Å². The van der Waals surface area contributed by atoms with Crippen molar-refractivity contribution >= 4 is 54.1 Å². The molecular formula is C2HBr3O2. The minimum absolute atomic E-state index is 0.403. The molecule has 0 aromatic rings. The molecule has 0 radical (unpaired) electrons. The summed E-state index contributed by atoms with van der Waals surface area (Å²) in [4.78, 5) is 10.1. The van der Waals surface area contributed by atoms with E-state index in [1.807, 2.05) is 0 Å². The highest BCUT2D eigenvalue weighted by Gasteiger charge is 2.09. The van der Waals surface area contributed by atoms with Gasteiger partial charge in [-0.2, -0.15) is 0 Å². The molecule has 0 heterocycles. The normalized spacial score (nSPS) is 9.14. The van der Waals surface area contributed by atoms with Gasteiger partial charge in [-0.1, -0.05) is 31.9 Å². The van der Waals surface area contributed by atoms with Crippen molar-refractivity contribution in [3.05, 3.63) is 0 Å². The predicted octanol–water partition coefficient (Wildman–Crippen LogP) is 1.96. The third-order valence-electron chi connectivity index (χ3n) is 0.254. The van der Waals surface area contributed by atoms with Crippen molar-refractivity contribution < 1.29 is 8.62 Å². The lowest BCUT2D eigenvalue weighted by Crippen LogP contribution is -2.04. The molecule has 0 N–H and O–H groups in total. The van der Waals surface area contributed by atoms with Crippen molar-refractivity contribution in [2.75, 3.05) is 0 Å². The molecule has 0 aliphatic carbocycles. The van der Waals surface area contributed by atoms with Gasteiger partial charge in [0.25, 0.3) is 0 Å². The van der Waals surface area contributed by atoms with E-state index in [1.54, 1.807) is 0 Å². The molecule has 5 heteroatoms. The zero-order chi connectivity index (χ0) is 5.86. The second kappa shape index (κ2) is 3.86. The van der Waals surface area contributed by atoms with Gasteiger partial charge in [-0.05, 0) is 0 Å². The van der Waals surface area contributed by atoms with Gasteiger partial charge in [-0.3, -0.25) is 0 Å². The maximum absolute atomic E-state index is 10.1. The largest absolute Gasteiger partial charge is 0.382 e. The highest BCUT2D eigenvalue weighted by molar-refractivity contribution is 9.25. The number of halogens is 3. The second-order valence-corrected chi connectivity index (χ2v) is 4.08. The molecular weight excluding hydrogens is 296 g/mol. The lowest BCUT2D eigenvalue weighted by molar-refractivity contribution is -0.129. The third-order valence-corrected chi connectivity index (χ3v) is 1.32. The molecule has 0 aromatic carbocycles. The van der Waals surface area contributed by atoms with Crippen LogP contribution in [0.25, 0.3) is 0 Å². The van der Waals surface area contributed by atoms with Gasteiger partial charge >= 0.3 is 5.97 Å². The van der Waals surface area contributed by atoms with E-state index in [1.165, 1.54) is 0 Å². The average Bonchev–Trinajstić information content (AvgIpc) is 1.65. The van der Waals surface area contributed by atoms with E-state index in [0.29, 0.717) is 0 Å². The van der Waals surface area contributed by atoms with Crippen LogP contribution >= 0.6 is 48.1 Å². The summed E-state index contributed by atoms with van der Waals surface area (Å²) in [5.41, 5.74) is 0. The molecule has 0 saturated carbocycles. The Kier molecular flexibility index (Phi) is 4.36. The monoisotopic (exact) mass is 294 g/mol. The van der Waals surface area contributed by atoms with Crippen molar-refractivity contribution in [2.24, 2.45) is 0 Å². The molecule has 0 aliphatic heterocycles. The molecule has 0 amide bonds. The molecule has 0 unspecified atom stereocenters. The fraction of sp³-hybridized carbons (Fsp3) is 0.500. The van der Waals surface area contributed by atoms with Crippen LogP contribution in [0.4, 0.5) is 0 Å². The van der Waals surface area contributed by atoms with Crippen molar-refractivity contribution in [1.29, 1.82) is 0 Å². The third kappa shape index (κ3) is 3.49. The minimum Gasteiger partial charge on any atom is -0.382 e. The Bertz CT molecular complexity index is 71.3. The number of hydrogen-bond donors (Lipinski definition) is 0. The number of rotatable bonds is 1. The molecule has 2 nitrogen and oxygen atoms in total. The molecule has 0 spiro atoms. The van der Waals surface area contributed by atoms with Crippen LogP contribution in [0.5, 0.6) is 0 Å². The highest BCUT2D eigenvalue weighted by Crippen LogP contribution is 2.10. The minimum atomic E-state index is -0.417. The molecule has 7 heavy (non-hydrogen) atoms. The first-order valence-corrected chi connectivity index (χ1v) is 3.77. The first-order chi connectivity index (χ1) is 3.18. The Morgan fingerprint density at radius 3 is 2.00 bits per heavy atom. The summed E-state index contributed by atoms with van der Waals surface area (Å²) in [7, 11) is 0. The SMILES string of the molecule is O=C(OBr)C(Br)Br. The van der Waals surface area contributed by atoms with Crippen LogP contribution in [0, 0.1) is 0 Å². The molecule has 0 saturated heterocycles. The quantitative estimate of drug-likeness (QED) is 0.692. The molecule has 0 aromatic heterocycles. The van der Waals surface area contributed by atoms with Gasteiger partial charge in [-0.25, -0.2) is 4.79 Å². The predicted molar refractivity (Wildman–Crippen MR) is 36.7 cm³/mol. The van der Waals surface area contributed by atoms with Crippen LogP contribution in [0.2, 0.25) is 0 Å². The summed E-state index contributed by atoms with van der Waals surface area (Å²) in [5, 5.41) is 0. The van der Waals surface area contributed by atoms with Gasteiger partial charge in [0.1, 0.15) is 0 Å². The standard InChI is InChI=1S/C2HBr3O2/c3-1(4)2(6)7-5/h1H. The summed E-state index contributed by atoms with van der Waals surface area (Å²) >= 11 is 8.33. The molecule has 0 bridgehead atoms. The van der Waals surface area contributed by atoms with E-state index in [4.69, 9.17) is 0 Å². The van der Waals surface area contributed by atoms with Crippen LogP contribution < -0.4 is 0 Å². The van der Waals surface area contributed by atoms with E-state index in [0.717, 1.165) is 0 Å². The Morgan fingerprint density at radius 2 is 2.00 bits per heavy atom. The van der Waals surface area contributed by atoms with Gasteiger partial charge in [0.15, 0.2) is 20.0 Å². The summed E-state index contributed by atoms with van der Waals surface area (Å²) < 4.78 is 3.67. The van der Waals surface area contributed by atoms with E-state index < -0.39 is 9.71 Å². The summed E-state index contributed by atoms with van der Waals surface area (Å²) in [5.74, 6) is -0.403. The van der Waals surface area contributed by atoms with Gasteiger partial charge in [0.05, 0.1) is 0 Å². The van der Waals surface area contributed by atoms with E-state index in [9.17, 15) is 4.79 Å². The van der Waals surface area contributed by atoms with Crippen molar-refractivity contribution in [3.8, 4) is 0 Å². The highest BCUT2D eigenvalue weighted by atomic mass is 79.9. The maximum atomic E-state index is 10.1. The van der Waals surface area contributed by atoms with Gasteiger partial charge in [-0.15, -0.1) is 0 Å². The van der Waals surface area contributed by atoms with E-state index in [2.05, 4.69) is 51.9 Å². The van der Waals surface area contributed by atoms with Crippen LogP contribution in [-0.4, -0.2) is 9.71 Å². The summed E-state index contributed by atoms with van der Waals surface area (Å²) in [6.07, 6.45) is 0. The number of alkyl halides is 2. The van der Waals surface area contributed by atoms with Crippen molar-refractivity contribution in [3.63, 3.8) is 0 Å². The Hall–Kier alpha value is 0.910. The number of carbonyl (C=O) groups excluding carboxylic acids is 1. The first-order valence-electron chi connectivity index (χ1n) is 1.29. The fourth-order valence-corrected chi connectivity index (χ4v) is 0.909. The average molecular weight is 297 g/mol. The number of hydrogen-bond acceptors (Lipinski definition) is 2. The Labute approximate surface area is 66.3 Å². The second-order valence-electron chi connectivity index (χ2n) is 0.697. The van der Waals surface area contributed by atoms with Crippen LogP contribution in [0.1, 0.15) is 0 Å². The van der Waals surface area contributed by atoms with Crippen molar-refractivity contribution in [2.45, 2.75) is 3.74 Å². The maximum Gasteiger partial charge on any atom is 0.342 e. The van der Waals surface area contributed by atoms with Gasteiger partial charge in [0.2, 0.25) is 0 Å². The number of carbonyl (C=O) groups is 1. The summed E-state index contributed by atoms with van der Waals surface area (Å²) in [6.45, 7) is 0. The lowest BCUT2D eigenvalue weighted by atomic mass is 10.8. The van der Waals surface area contributed by atoms with E-state index in [-0.39, 0.29) is 0 Å². The molecule has 0 fully saturated rings.